The molecule has 0 heterocycles. The number of amides is 1. The van der Waals surface area contributed by atoms with E-state index in [0.29, 0.717) is 18.7 Å². The van der Waals surface area contributed by atoms with Crippen molar-refractivity contribution in [1.82, 2.24) is 5.06 Å². The highest BCUT2D eigenvalue weighted by Gasteiger charge is 2.13. The van der Waals surface area contributed by atoms with E-state index in [-0.39, 0.29) is 5.91 Å². The van der Waals surface area contributed by atoms with E-state index >= 15 is 0 Å². The van der Waals surface area contributed by atoms with E-state index in [1.807, 2.05) is 32.0 Å². The van der Waals surface area contributed by atoms with Crippen molar-refractivity contribution in [2.24, 2.45) is 0 Å². The quantitative estimate of drug-likeness (QED) is 0.685. The summed E-state index contributed by atoms with van der Waals surface area (Å²) >= 11 is 0. The van der Waals surface area contributed by atoms with Crippen LogP contribution in [0, 0.1) is 0 Å². The van der Waals surface area contributed by atoms with Crippen molar-refractivity contribution in [2.75, 3.05) is 13.2 Å². The zero-order chi connectivity index (χ0) is 10.4. The van der Waals surface area contributed by atoms with E-state index in [1.165, 1.54) is 5.06 Å². The summed E-state index contributed by atoms with van der Waals surface area (Å²) in [4.78, 5) is 17.0. The first-order chi connectivity index (χ1) is 6.79. The summed E-state index contributed by atoms with van der Waals surface area (Å²) in [5.41, 5.74) is 0.655. The van der Waals surface area contributed by atoms with E-state index in [4.69, 9.17) is 4.84 Å². The first kappa shape index (κ1) is 10.7. The van der Waals surface area contributed by atoms with Crippen molar-refractivity contribution in [3.63, 3.8) is 0 Å². The highest BCUT2D eigenvalue weighted by atomic mass is 16.7. The minimum atomic E-state index is -0.0880. The molecule has 0 unspecified atom stereocenters. The van der Waals surface area contributed by atoms with Gasteiger partial charge in [0.05, 0.1) is 6.61 Å². The first-order valence-corrected chi connectivity index (χ1v) is 4.79. The summed E-state index contributed by atoms with van der Waals surface area (Å²) in [5, 5.41) is 1.37. The minimum absolute atomic E-state index is 0.0880. The van der Waals surface area contributed by atoms with Crippen LogP contribution in [0.2, 0.25) is 0 Å². The maximum Gasteiger partial charge on any atom is 0.277 e. The van der Waals surface area contributed by atoms with Crippen LogP contribution in [0.3, 0.4) is 0 Å². The van der Waals surface area contributed by atoms with Crippen LogP contribution in [0.5, 0.6) is 0 Å². The molecule has 0 aromatic heterocycles. The Morgan fingerprint density at radius 2 is 1.93 bits per heavy atom. The Hall–Kier alpha value is -1.35. The Bertz CT molecular complexity index is 285. The molecule has 0 saturated heterocycles. The van der Waals surface area contributed by atoms with Gasteiger partial charge in [-0.05, 0) is 26.0 Å². The van der Waals surface area contributed by atoms with Crippen molar-refractivity contribution in [2.45, 2.75) is 13.8 Å². The van der Waals surface area contributed by atoms with Crippen LogP contribution in [-0.2, 0) is 4.84 Å². The van der Waals surface area contributed by atoms with E-state index in [2.05, 4.69) is 0 Å². The van der Waals surface area contributed by atoms with Crippen LogP contribution in [-0.4, -0.2) is 24.1 Å². The number of carbonyl (C=O) groups excluding carboxylic acids is 1. The molecule has 1 amide bonds. The highest BCUT2D eigenvalue weighted by molar-refractivity contribution is 5.93. The van der Waals surface area contributed by atoms with Crippen molar-refractivity contribution < 1.29 is 9.63 Å². The van der Waals surface area contributed by atoms with Gasteiger partial charge in [-0.1, -0.05) is 18.2 Å². The Labute approximate surface area is 84.2 Å². The molecule has 1 aromatic carbocycles. The predicted octanol–water partition coefficient (Wildman–Crippen LogP) is 2.10. The Morgan fingerprint density at radius 3 is 2.43 bits per heavy atom. The normalized spacial score (nSPS) is 9.86. The molecule has 1 rings (SSSR count). The monoisotopic (exact) mass is 193 g/mol. The van der Waals surface area contributed by atoms with Gasteiger partial charge in [-0.3, -0.25) is 9.63 Å². The molecule has 0 bridgehead atoms. The number of carbonyl (C=O) groups is 1. The molecule has 0 atom stereocenters. The van der Waals surface area contributed by atoms with Crippen molar-refractivity contribution in [1.29, 1.82) is 0 Å². The second-order valence-corrected chi connectivity index (χ2v) is 2.78. The lowest BCUT2D eigenvalue weighted by Gasteiger charge is -2.18. The lowest BCUT2D eigenvalue weighted by Crippen LogP contribution is -2.30. The highest BCUT2D eigenvalue weighted by Crippen LogP contribution is 2.04. The van der Waals surface area contributed by atoms with E-state index < -0.39 is 0 Å². The van der Waals surface area contributed by atoms with Gasteiger partial charge in [-0.25, -0.2) is 5.06 Å². The van der Waals surface area contributed by atoms with Gasteiger partial charge in [0.1, 0.15) is 0 Å². The maximum absolute atomic E-state index is 11.8. The van der Waals surface area contributed by atoms with Crippen molar-refractivity contribution in [3.05, 3.63) is 35.9 Å². The number of hydrogen-bond acceptors (Lipinski definition) is 2. The average Bonchev–Trinajstić information content (AvgIpc) is 2.26. The third-order valence-electron chi connectivity index (χ3n) is 1.82. The lowest BCUT2D eigenvalue weighted by atomic mass is 10.2. The zero-order valence-electron chi connectivity index (χ0n) is 8.56. The van der Waals surface area contributed by atoms with Crippen LogP contribution in [0.25, 0.3) is 0 Å². The van der Waals surface area contributed by atoms with Crippen LogP contribution in [0.4, 0.5) is 0 Å². The van der Waals surface area contributed by atoms with Gasteiger partial charge >= 0.3 is 0 Å². The maximum atomic E-state index is 11.8. The molecule has 14 heavy (non-hydrogen) atoms. The molecule has 0 aliphatic carbocycles. The fraction of sp³-hybridized carbons (Fsp3) is 0.364. The summed E-state index contributed by atoms with van der Waals surface area (Å²) in [5.74, 6) is -0.0880. The lowest BCUT2D eigenvalue weighted by molar-refractivity contribution is -0.115. The largest absolute Gasteiger partial charge is 0.277 e. The summed E-state index contributed by atoms with van der Waals surface area (Å²) in [6.45, 7) is 4.81. The molecule has 3 nitrogen and oxygen atoms in total. The molecule has 76 valence electrons. The second kappa shape index (κ2) is 5.40. The number of hydrogen-bond donors (Lipinski definition) is 0. The number of hydroxylamine groups is 2. The van der Waals surface area contributed by atoms with Crippen molar-refractivity contribution in [3.8, 4) is 0 Å². The molecular weight excluding hydrogens is 178 g/mol. The molecule has 0 N–H and O–H groups in total. The molecular formula is C11H15NO2. The average molecular weight is 193 g/mol. The summed E-state index contributed by atoms with van der Waals surface area (Å²) in [7, 11) is 0. The molecule has 0 fully saturated rings. The summed E-state index contributed by atoms with van der Waals surface area (Å²) in [6.07, 6.45) is 0. The molecule has 0 aliphatic heterocycles. The number of rotatable bonds is 4. The van der Waals surface area contributed by atoms with Gasteiger partial charge in [0.2, 0.25) is 0 Å². The first-order valence-electron chi connectivity index (χ1n) is 4.79. The zero-order valence-corrected chi connectivity index (χ0v) is 8.56. The molecule has 0 saturated carbocycles. The predicted molar refractivity (Wildman–Crippen MR) is 54.8 cm³/mol. The summed E-state index contributed by atoms with van der Waals surface area (Å²) < 4.78 is 0. The van der Waals surface area contributed by atoms with Gasteiger partial charge in [-0.15, -0.1) is 0 Å². The van der Waals surface area contributed by atoms with Crippen LogP contribution in [0.1, 0.15) is 24.2 Å². The Kier molecular flexibility index (Phi) is 4.13. The van der Waals surface area contributed by atoms with Gasteiger partial charge in [0.25, 0.3) is 5.91 Å². The molecule has 0 spiro atoms. The number of nitrogens with zero attached hydrogens (tertiary/aromatic N) is 1. The van der Waals surface area contributed by atoms with Crippen LogP contribution >= 0.6 is 0 Å². The third-order valence-corrected chi connectivity index (χ3v) is 1.82. The van der Waals surface area contributed by atoms with E-state index in [1.54, 1.807) is 12.1 Å². The van der Waals surface area contributed by atoms with Crippen LogP contribution in [0.15, 0.2) is 30.3 Å². The van der Waals surface area contributed by atoms with Crippen LogP contribution < -0.4 is 0 Å². The SMILES string of the molecule is CCON(CC)C(=O)c1ccccc1. The smallest absolute Gasteiger partial charge is 0.271 e. The van der Waals surface area contributed by atoms with Crippen molar-refractivity contribution >= 4 is 5.91 Å². The number of benzene rings is 1. The molecule has 0 aliphatic rings. The van der Waals surface area contributed by atoms with Gasteiger partial charge < -0.3 is 0 Å². The fourth-order valence-corrected chi connectivity index (χ4v) is 1.17. The second-order valence-electron chi connectivity index (χ2n) is 2.78. The standard InChI is InChI=1S/C11H15NO2/c1-3-12(14-4-2)11(13)10-8-6-5-7-9-10/h5-9H,3-4H2,1-2H3. The summed E-state index contributed by atoms with van der Waals surface area (Å²) in [6, 6.07) is 9.13. The van der Waals surface area contributed by atoms with Gasteiger partial charge in [0, 0.05) is 12.1 Å². The fourth-order valence-electron chi connectivity index (χ4n) is 1.17. The molecule has 1 aromatic rings. The molecule has 0 radical (unpaired) electrons. The topological polar surface area (TPSA) is 29.5 Å². The Morgan fingerprint density at radius 1 is 1.29 bits per heavy atom. The van der Waals surface area contributed by atoms with E-state index in [0.717, 1.165) is 0 Å². The Balaban J connectivity index is 2.73. The molecule has 3 heteroatoms. The van der Waals surface area contributed by atoms with Gasteiger partial charge in [0.15, 0.2) is 0 Å². The van der Waals surface area contributed by atoms with E-state index in [9.17, 15) is 4.79 Å². The minimum Gasteiger partial charge on any atom is -0.271 e. The van der Waals surface area contributed by atoms with Gasteiger partial charge in [-0.2, -0.15) is 0 Å². The third kappa shape index (κ3) is 2.57.